The van der Waals surface area contributed by atoms with Crippen molar-refractivity contribution in [1.82, 2.24) is 14.5 Å². The molecule has 1 aliphatic heterocycles. The Labute approximate surface area is 480 Å². The number of rotatable bonds is 7. The van der Waals surface area contributed by atoms with Gasteiger partial charge in [0.25, 0.3) is 0 Å². The molecule has 0 amide bonds. The second kappa shape index (κ2) is 20.0. The van der Waals surface area contributed by atoms with Crippen molar-refractivity contribution in [3.8, 4) is 39.6 Å². The molecule has 3 aromatic heterocycles. The Morgan fingerprint density at radius 1 is 0.449 bits per heavy atom. The Bertz CT molecular complexity index is 3630. The maximum Gasteiger partial charge on any atom is 0.135 e. The molecule has 0 fully saturated rings. The molecule has 6 aromatic carbocycles. The molecule has 10 rings (SSSR count). The van der Waals surface area contributed by atoms with E-state index in [0.29, 0.717) is 11.5 Å². The van der Waals surface area contributed by atoms with Crippen molar-refractivity contribution in [3.63, 3.8) is 0 Å². The first kappa shape index (κ1) is 56.2. The predicted molar refractivity (Wildman–Crippen MR) is 325 cm³/mol. The number of hydrogen-bond acceptors (Lipinski definition) is 5. The van der Waals surface area contributed by atoms with E-state index in [1.54, 1.807) is 0 Å². The number of hydrogen-bond donors (Lipinski definition) is 0. The van der Waals surface area contributed by atoms with Gasteiger partial charge in [-0.2, -0.15) is 12.1 Å². The topological polar surface area (TPSA) is 46.4 Å². The van der Waals surface area contributed by atoms with Crippen molar-refractivity contribution in [1.29, 1.82) is 0 Å². The first-order valence-corrected chi connectivity index (χ1v) is 27.5. The molecule has 0 spiro atoms. The molecule has 0 unspecified atom stereocenters. The van der Waals surface area contributed by atoms with E-state index in [2.05, 4.69) is 261 Å². The molecule has 0 N–H and O–H groups in total. The Morgan fingerprint density at radius 2 is 1.01 bits per heavy atom. The van der Waals surface area contributed by atoms with Gasteiger partial charge in [-0.15, -0.1) is 48.1 Å². The van der Waals surface area contributed by atoms with Crippen LogP contribution in [0.25, 0.3) is 49.9 Å². The number of ether oxygens (including phenoxy) is 1. The summed E-state index contributed by atoms with van der Waals surface area (Å²) in [4.78, 5) is 14.3. The zero-order valence-electron chi connectivity index (χ0n) is 49.3. The van der Waals surface area contributed by atoms with Gasteiger partial charge in [0.1, 0.15) is 5.82 Å². The summed E-state index contributed by atoms with van der Waals surface area (Å²) in [5.74, 6) is 2.01. The molecule has 0 bridgehead atoms. The molecule has 1 aliphatic rings. The Balaban J connectivity index is 0.00000740. The molecular weight excluding hydrogens is 1130 g/mol. The Kier molecular flexibility index (Phi) is 14.4. The zero-order valence-corrected chi connectivity index (χ0v) is 51.6. The smallest absolute Gasteiger partial charge is 0.135 e. The molecule has 7 heteroatoms. The van der Waals surface area contributed by atoms with Crippen LogP contribution in [-0.4, -0.2) is 14.5 Å². The third-order valence-electron chi connectivity index (χ3n) is 15.3. The van der Waals surface area contributed by atoms with Gasteiger partial charge in [0, 0.05) is 79.2 Å². The number of para-hydroxylation sites is 1. The molecule has 0 saturated carbocycles. The standard InChI is InChI=1S/C71H78N5O.Pt/c1-66(2,3)45-26-29-52(58(38-45)70(13,14)15)56-36-48(69(10,11)12)37-57(53-30-27-46(67(4,5)6)39-59(53)71(16,17)18)65(56)75-44-74(63-43-72-34-33-61(63)75)49-22-21-23-50(41-49)77-51-28-31-55-54-24-19-20-25-60(54)76(62(55)42-51)64-40-47(32-35-73-64)68(7,8)9;/h19-40,43-44H,1-18H3;/q-3;. The molecule has 6 nitrogen and oxygen atoms in total. The van der Waals surface area contributed by atoms with Crippen LogP contribution in [0.2, 0.25) is 0 Å². The van der Waals surface area contributed by atoms with E-state index in [0.717, 1.165) is 50.4 Å². The Morgan fingerprint density at radius 3 is 1.59 bits per heavy atom. The van der Waals surface area contributed by atoms with Gasteiger partial charge in [-0.3, -0.25) is 4.98 Å². The fourth-order valence-corrected chi connectivity index (χ4v) is 10.8. The predicted octanol–water partition coefficient (Wildman–Crippen LogP) is 19.5. The molecule has 4 heterocycles. The first-order chi connectivity index (χ1) is 36.0. The average molecular weight is 1210 g/mol. The maximum absolute atomic E-state index is 6.79. The SMILES string of the molecule is CC(C)(C)c1ccnc(-n2c3[c-]c(Oc4[c-]c(N5[CH-]N(c6c(-c7ccc(C(C)(C)C)cc7C(C)(C)C)cc(C(C)(C)C)cc6-c6ccc(C(C)(C)C)cc6C(C)(C)C)c6ccncc65)ccc4)ccc3c3ccccc32)c1.[Pt]. The van der Waals surface area contributed by atoms with Gasteiger partial charge in [-0.1, -0.05) is 185 Å². The molecule has 0 aliphatic carbocycles. The minimum Gasteiger partial charge on any atom is -0.509 e. The van der Waals surface area contributed by atoms with Crippen molar-refractivity contribution >= 4 is 44.6 Å². The summed E-state index contributed by atoms with van der Waals surface area (Å²) < 4.78 is 8.99. The van der Waals surface area contributed by atoms with Crippen LogP contribution in [0.4, 0.5) is 22.7 Å². The van der Waals surface area contributed by atoms with E-state index >= 15 is 0 Å². The average Bonchev–Trinajstić information content (AvgIpc) is 4.11. The number of fused-ring (bicyclic) bond motifs is 4. The fraction of sp³-hybridized carbons (Fsp3) is 0.338. The van der Waals surface area contributed by atoms with E-state index in [-0.39, 0.29) is 53.6 Å². The van der Waals surface area contributed by atoms with E-state index in [1.165, 1.54) is 55.6 Å². The van der Waals surface area contributed by atoms with Crippen molar-refractivity contribution < 1.29 is 25.8 Å². The van der Waals surface area contributed by atoms with Crippen molar-refractivity contribution in [2.75, 3.05) is 9.80 Å². The van der Waals surface area contributed by atoms with Gasteiger partial charge in [0.05, 0.1) is 5.69 Å². The van der Waals surface area contributed by atoms with Gasteiger partial charge in [0.15, 0.2) is 0 Å². The van der Waals surface area contributed by atoms with Gasteiger partial charge < -0.3 is 19.1 Å². The summed E-state index contributed by atoms with van der Waals surface area (Å²) in [5, 5.41) is 2.22. The van der Waals surface area contributed by atoms with Crippen LogP contribution in [0, 0.1) is 18.8 Å². The molecule has 9 aromatic rings. The van der Waals surface area contributed by atoms with Crippen LogP contribution in [0.5, 0.6) is 11.5 Å². The molecule has 0 atom stereocenters. The summed E-state index contributed by atoms with van der Waals surface area (Å²) >= 11 is 0. The number of aromatic nitrogens is 3. The van der Waals surface area contributed by atoms with Crippen LogP contribution < -0.4 is 14.5 Å². The zero-order chi connectivity index (χ0) is 55.4. The maximum atomic E-state index is 6.79. The van der Waals surface area contributed by atoms with Crippen LogP contribution in [-0.2, 0) is 53.6 Å². The second-order valence-electron chi connectivity index (χ2n) is 27.5. The molecule has 406 valence electrons. The molecule has 0 radical (unpaired) electrons. The number of benzene rings is 6. The molecule has 78 heavy (non-hydrogen) atoms. The minimum atomic E-state index is -0.165. The Hall–Kier alpha value is -6.49. The fourth-order valence-electron chi connectivity index (χ4n) is 10.8. The van der Waals surface area contributed by atoms with Gasteiger partial charge in [0.2, 0.25) is 0 Å². The van der Waals surface area contributed by atoms with Crippen molar-refractivity contribution in [3.05, 3.63) is 192 Å². The minimum absolute atomic E-state index is 0. The van der Waals surface area contributed by atoms with Gasteiger partial charge >= 0.3 is 0 Å². The summed E-state index contributed by atoms with van der Waals surface area (Å²) in [7, 11) is 0. The molecular formula is C71H78N5OPt-3. The monoisotopic (exact) mass is 1210 g/mol. The van der Waals surface area contributed by atoms with Crippen LogP contribution in [0.3, 0.4) is 0 Å². The van der Waals surface area contributed by atoms with Crippen LogP contribution >= 0.6 is 0 Å². The van der Waals surface area contributed by atoms with Gasteiger partial charge in [-0.25, -0.2) is 4.98 Å². The quantitative estimate of drug-likeness (QED) is 0.149. The number of nitrogens with zero attached hydrogens (tertiary/aromatic N) is 5. The van der Waals surface area contributed by atoms with Crippen LogP contribution in [0.1, 0.15) is 158 Å². The van der Waals surface area contributed by atoms with Crippen molar-refractivity contribution in [2.24, 2.45) is 0 Å². The molecule has 0 saturated heterocycles. The summed E-state index contributed by atoms with van der Waals surface area (Å²) in [6, 6.07) is 51.9. The third kappa shape index (κ3) is 10.7. The van der Waals surface area contributed by atoms with Crippen molar-refractivity contribution in [2.45, 2.75) is 157 Å². The normalized spacial score (nSPS) is 13.6. The van der Waals surface area contributed by atoms with E-state index in [1.807, 2.05) is 36.8 Å². The largest absolute Gasteiger partial charge is 0.509 e. The summed E-state index contributed by atoms with van der Waals surface area (Å²) in [6.45, 7) is 43.9. The first-order valence-electron chi connectivity index (χ1n) is 27.5. The number of pyridine rings is 2. The van der Waals surface area contributed by atoms with E-state index in [4.69, 9.17) is 14.7 Å². The third-order valence-corrected chi connectivity index (χ3v) is 15.3. The van der Waals surface area contributed by atoms with E-state index < -0.39 is 0 Å². The summed E-state index contributed by atoms with van der Waals surface area (Å²) in [6.07, 6.45) is 5.79. The number of anilines is 4. The van der Waals surface area contributed by atoms with Gasteiger partial charge in [-0.05, 0) is 119 Å². The van der Waals surface area contributed by atoms with Crippen LogP contribution in [0.15, 0.2) is 140 Å². The summed E-state index contributed by atoms with van der Waals surface area (Å²) in [5.41, 5.74) is 17.9. The van der Waals surface area contributed by atoms with E-state index in [9.17, 15) is 0 Å². The second-order valence-corrected chi connectivity index (χ2v) is 27.5.